The number of alkyl halides is 1. The van der Waals surface area contributed by atoms with Crippen molar-refractivity contribution in [3.05, 3.63) is 45.6 Å². The molecule has 0 aliphatic heterocycles. The summed E-state index contributed by atoms with van der Waals surface area (Å²) in [5.41, 5.74) is 9.07. The van der Waals surface area contributed by atoms with E-state index in [0.29, 0.717) is 24.1 Å². The number of benzene rings is 1. The number of hydrogen-bond donors (Lipinski definition) is 0. The SMILES string of the molecule is [N-]=[N+]=NCCC#Cc1ccc(CCl)c(F)c1. The molecule has 82 valence electrons. The van der Waals surface area contributed by atoms with Crippen LogP contribution in [0.5, 0.6) is 0 Å². The first-order valence-electron chi connectivity index (χ1n) is 4.62. The van der Waals surface area contributed by atoms with Crippen LogP contribution in [0.4, 0.5) is 4.39 Å². The summed E-state index contributed by atoms with van der Waals surface area (Å²) < 4.78 is 13.3. The predicted molar refractivity (Wildman–Crippen MR) is 61.5 cm³/mol. The quantitative estimate of drug-likeness (QED) is 0.193. The lowest BCUT2D eigenvalue weighted by Crippen LogP contribution is -1.87. The van der Waals surface area contributed by atoms with Crippen molar-refractivity contribution in [1.82, 2.24) is 0 Å². The van der Waals surface area contributed by atoms with Crippen molar-refractivity contribution in [2.45, 2.75) is 12.3 Å². The van der Waals surface area contributed by atoms with Gasteiger partial charge in [-0.15, -0.1) is 11.6 Å². The predicted octanol–water partition coefficient (Wildman–Crippen LogP) is 3.62. The van der Waals surface area contributed by atoms with Crippen molar-refractivity contribution in [1.29, 1.82) is 0 Å². The molecule has 0 fully saturated rings. The maximum atomic E-state index is 13.3. The summed E-state index contributed by atoms with van der Waals surface area (Å²) >= 11 is 5.52. The highest BCUT2D eigenvalue weighted by molar-refractivity contribution is 6.17. The van der Waals surface area contributed by atoms with Crippen molar-refractivity contribution in [2.24, 2.45) is 5.11 Å². The first kappa shape index (κ1) is 12.4. The molecule has 5 heteroatoms. The van der Waals surface area contributed by atoms with Gasteiger partial charge in [-0.3, -0.25) is 0 Å². The van der Waals surface area contributed by atoms with Crippen LogP contribution in [-0.2, 0) is 5.88 Å². The van der Waals surface area contributed by atoms with Gasteiger partial charge in [0.15, 0.2) is 0 Å². The zero-order valence-corrected chi connectivity index (χ0v) is 9.21. The lowest BCUT2D eigenvalue weighted by Gasteiger charge is -1.97. The maximum Gasteiger partial charge on any atom is 0.128 e. The van der Waals surface area contributed by atoms with Crippen LogP contribution in [0.15, 0.2) is 23.3 Å². The molecule has 1 rings (SSSR count). The molecule has 0 saturated heterocycles. The molecule has 0 bridgehead atoms. The van der Waals surface area contributed by atoms with Gasteiger partial charge < -0.3 is 0 Å². The first-order chi connectivity index (χ1) is 7.77. The van der Waals surface area contributed by atoms with Crippen LogP contribution in [0, 0.1) is 17.7 Å². The molecule has 0 N–H and O–H groups in total. The lowest BCUT2D eigenvalue weighted by molar-refractivity contribution is 0.616. The van der Waals surface area contributed by atoms with Crippen LogP contribution in [-0.4, -0.2) is 6.54 Å². The van der Waals surface area contributed by atoms with Gasteiger partial charge in [-0.05, 0) is 17.7 Å². The third kappa shape index (κ3) is 3.82. The van der Waals surface area contributed by atoms with Gasteiger partial charge >= 0.3 is 0 Å². The average molecular weight is 238 g/mol. The van der Waals surface area contributed by atoms with E-state index in [1.807, 2.05) is 0 Å². The van der Waals surface area contributed by atoms with E-state index in [2.05, 4.69) is 21.9 Å². The van der Waals surface area contributed by atoms with Crippen molar-refractivity contribution < 1.29 is 4.39 Å². The molecule has 0 atom stereocenters. The van der Waals surface area contributed by atoms with Crippen LogP contribution in [0.2, 0.25) is 0 Å². The first-order valence-corrected chi connectivity index (χ1v) is 5.15. The van der Waals surface area contributed by atoms with Gasteiger partial charge in [-0.1, -0.05) is 23.0 Å². The standard InChI is InChI=1S/C11H9ClFN3/c12-8-10-5-4-9(7-11(10)13)3-1-2-6-15-16-14/h4-5,7H,2,6,8H2. The minimum atomic E-state index is -0.350. The maximum absolute atomic E-state index is 13.3. The number of halogens is 2. The Balaban J connectivity index is 2.67. The van der Waals surface area contributed by atoms with Gasteiger partial charge in [-0.25, -0.2) is 4.39 Å². The Bertz CT molecular complexity index is 470. The molecule has 0 amide bonds. The summed E-state index contributed by atoms with van der Waals surface area (Å²) in [4.78, 5) is 2.60. The highest BCUT2D eigenvalue weighted by Crippen LogP contribution is 2.11. The fraction of sp³-hybridized carbons (Fsp3) is 0.273. The monoisotopic (exact) mass is 237 g/mol. The Hall–Kier alpha value is -1.69. The molecular formula is C11H9ClFN3. The zero-order valence-electron chi connectivity index (χ0n) is 8.45. The summed E-state index contributed by atoms with van der Waals surface area (Å²) in [6.07, 6.45) is 0.461. The smallest absolute Gasteiger partial charge is 0.128 e. The third-order valence-electron chi connectivity index (χ3n) is 1.83. The molecule has 0 aliphatic carbocycles. The summed E-state index contributed by atoms with van der Waals surface area (Å²) in [6, 6.07) is 4.67. The van der Waals surface area contributed by atoms with E-state index in [9.17, 15) is 4.39 Å². The van der Waals surface area contributed by atoms with E-state index >= 15 is 0 Å². The molecule has 0 aromatic heterocycles. The van der Waals surface area contributed by atoms with Gasteiger partial charge in [0.2, 0.25) is 0 Å². The molecule has 0 radical (unpaired) electrons. The summed E-state index contributed by atoms with van der Waals surface area (Å²) in [7, 11) is 0. The van der Waals surface area contributed by atoms with E-state index < -0.39 is 0 Å². The molecule has 1 aromatic carbocycles. The van der Waals surface area contributed by atoms with E-state index in [1.54, 1.807) is 12.1 Å². The number of rotatable bonds is 3. The third-order valence-corrected chi connectivity index (χ3v) is 2.12. The molecule has 0 heterocycles. The molecule has 0 unspecified atom stereocenters. The fourth-order valence-electron chi connectivity index (χ4n) is 1.05. The highest BCUT2D eigenvalue weighted by Gasteiger charge is 2.00. The second-order valence-corrected chi connectivity index (χ2v) is 3.21. The Labute approximate surface area is 97.9 Å². The lowest BCUT2D eigenvalue weighted by atomic mass is 10.1. The number of hydrogen-bond acceptors (Lipinski definition) is 1. The Morgan fingerprint density at radius 2 is 2.31 bits per heavy atom. The molecule has 0 aliphatic rings. The normalized spacial score (nSPS) is 8.88. The van der Waals surface area contributed by atoms with Crippen LogP contribution in [0.25, 0.3) is 10.4 Å². The van der Waals surface area contributed by atoms with Crippen molar-refractivity contribution in [2.75, 3.05) is 6.54 Å². The van der Waals surface area contributed by atoms with Crippen LogP contribution in [0.1, 0.15) is 17.5 Å². The molecular weight excluding hydrogens is 229 g/mol. The summed E-state index contributed by atoms with van der Waals surface area (Å²) in [5, 5.41) is 3.33. The highest BCUT2D eigenvalue weighted by atomic mass is 35.5. The van der Waals surface area contributed by atoms with E-state index in [0.717, 1.165) is 0 Å². The van der Waals surface area contributed by atoms with Crippen molar-refractivity contribution in [3.63, 3.8) is 0 Å². The topological polar surface area (TPSA) is 48.8 Å². The Kier molecular flexibility index (Phi) is 5.21. The molecule has 16 heavy (non-hydrogen) atoms. The molecule has 0 spiro atoms. The Morgan fingerprint density at radius 3 is 2.94 bits per heavy atom. The molecule has 0 saturated carbocycles. The van der Waals surface area contributed by atoms with E-state index in [-0.39, 0.29) is 11.7 Å². The van der Waals surface area contributed by atoms with Crippen LogP contribution in [0.3, 0.4) is 0 Å². The second-order valence-electron chi connectivity index (χ2n) is 2.95. The molecule has 1 aromatic rings. The second kappa shape index (κ2) is 6.73. The van der Waals surface area contributed by atoms with Crippen LogP contribution >= 0.6 is 11.6 Å². The van der Waals surface area contributed by atoms with E-state index in [1.165, 1.54) is 6.07 Å². The van der Waals surface area contributed by atoms with Crippen molar-refractivity contribution in [3.8, 4) is 11.8 Å². The number of azide groups is 1. The fourth-order valence-corrected chi connectivity index (χ4v) is 1.27. The van der Waals surface area contributed by atoms with Crippen molar-refractivity contribution >= 4 is 11.6 Å². The average Bonchev–Trinajstić information content (AvgIpc) is 2.29. The summed E-state index contributed by atoms with van der Waals surface area (Å²) in [5.74, 6) is 5.37. The van der Waals surface area contributed by atoms with Gasteiger partial charge in [0, 0.05) is 29.0 Å². The van der Waals surface area contributed by atoms with Gasteiger partial charge in [-0.2, -0.15) is 0 Å². The molecule has 3 nitrogen and oxygen atoms in total. The zero-order chi connectivity index (χ0) is 11.8. The van der Waals surface area contributed by atoms with Gasteiger partial charge in [0.05, 0.1) is 5.88 Å². The largest absolute Gasteiger partial charge is 0.207 e. The van der Waals surface area contributed by atoms with Crippen LogP contribution < -0.4 is 0 Å². The Morgan fingerprint density at radius 1 is 1.50 bits per heavy atom. The minimum absolute atomic E-state index is 0.149. The minimum Gasteiger partial charge on any atom is -0.207 e. The summed E-state index contributed by atoms with van der Waals surface area (Å²) in [6.45, 7) is 0.325. The van der Waals surface area contributed by atoms with Gasteiger partial charge in [0.1, 0.15) is 5.82 Å². The number of nitrogens with zero attached hydrogens (tertiary/aromatic N) is 3. The van der Waals surface area contributed by atoms with E-state index in [4.69, 9.17) is 17.1 Å². The van der Waals surface area contributed by atoms with Gasteiger partial charge in [0.25, 0.3) is 0 Å².